The van der Waals surface area contributed by atoms with Crippen LogP contribution in [0, 0.1) is 6.92 Å². The molecule has 32 heavy (non-hydrogen) atoms. The topological polar surface area (TPSA) is 80.8 Å². The third-order valence-electron chi connectivity index (χ3n) is 5.45. The summed E-state index contributed by atoms with van der Waals surface area (Å²) in [6.45, 7) is 2.75. The van der Waals surface area contributed by atoms with Gasteiger partial charge in [-0.3, -0.25) is 9.59 Å². The van der Waals surface area contributed by atoms with Crippen molar-refractivity contribution in [1.29, 1.82) is 0 Å². The molecular weight excluding hydrogens is 406 g/mol. The van der Waals surface area contributed by atoms with Gasteiger partial charge in [0.1, 0.15) is 5.69 Å². The fourth-order valence-corrected chi connectivity index (χ4v) is 3.65. The number of nitrogens with one attached hydrogen (secondary N) is 1. The third kappa shape index (κ3) is 4.56. The van der Waals surface area contributed by atoms with Crippen molar-refractivity contribution in [2.45, 2.75) is 32.9 Å². The zero-order valence-corrected chi connectivity index (χ0v) is 18.1. The molecule has 0 aliphatic carbocycles. The standard InChI is InChI=1S/C25H25N3O4/c1-17-7-3-4-8-18(17)15-27-22(29)12-13-23(30)28-16-19-9-5-11-21(31-2)24(19)32-25-20(28)10-6-14-26-25/h3-11,14H,12-13,15-16H2,1-2H3,(H,27,29). The SMILES string of the molecule is COc1cccc2c1Oc1ncccc1N(C(=O)CCC(=O)NCc1ccccc1C)C2. The van der Waals surface area contributed by atoms with Crippen molar-refractivity contribution in [2.24, 2.45) is 0 Å². The summed E-state index contributed by atoms with van der Waals surface area (Å²) in [5, 5.41) is 2.90. The number of aryl methyl sites for hydroxylation is 1. The number of methoxy groups -OCH3 is 1. The number of amides is 2. The quantitative estimate of drug-likeness (QED) is 0.635. The zero-order chi connectivity index (χ0) is 22.5. The Labute approximate surface area is 187 Å². The summed E-state index contributed by atoms with van der Waals surface area (Å²) in [5.74, 6) is 1.10. The van der Waals surface area contributed by atoms with E-state index in [1.807, 2.05) is 43.3 Å². The van der Waals surface area contributed by atoms with E-state index in [9.17, 15) is 9.59 Å². The first-order valence-electron chi connectivity index (χ1n) is 10.5. The van der Waals surface area contributed by atoms with Crippen LogP contribution in [-0.4, -0.2) is 23.9 Å². The number of hydrogen-bond donors (Lipinski definition) is 1. The summed E-state index contributed by atoms with van der Waals surface area (Å²) in [4.78, 5) is 31.4. The maximum absolute atomic E-state index is 13.1. The van der Waals surface area contributed by atoms with Crippen molar-refractivity contribution in [3.8, 4) is 17.4 Å². The Morgan fingerprint density at radius 3 is 2.75 bits per heavy atom. The Hall–Kier alpha value is -3.87. The van der Waals surface area contributed by atoms with Crippen LogP contribution in [0.1, 0.15) is 29.5 Å². The van der Waals surface area contributed by atoms with E-state index in [1.54, 1.807) is 36.4 Å². The van der Waals surface area contributed by atoms with Gasteiger partial charge >= 0.3 is 0 Å². The summed E-state index contributed by atoms with van der Waals surface area (Å²) in [5.41, 5.74) is 3.55. The molecule has 2 amide bonds. The lowest BCUT2D eigenvalue weighted by Crippen LogP contribution is -2.31. The van der Waals surface area contributed by atoms with E-state index in [-0.39, 0.29) is 24.7 Å². The van der Waals surface area contributed by atoms with Crippen LogP contribution in [0.2, 0.25) is 0 Å². The molecule has 1 aliphatic rings. The van der Waals surface area contributed by atoms with Crippen LogP contribution >= 0.6 is 0 Å². The van der Waals surface area contributed by atoms with Crippen LogP contribution in [0.3, 0.4) is 0 Å². The van der Waals surface area contributed by atoms with E-state index < -0.39 is 0 Å². The number of carbonyl (C=O) groups is 2. The van der Waals surface area contributed by atoms with Crippen LogP contribution in [0.5, 0.6) is 17.4 Å². The van der Waals surface area contributed by atoms with Gasteiger partial charge in [0.15, 0.2) is 11.5 Å². The molecule has 3 aromatic rings. The predicted octanol–water partition coefficient (Wildman–Crippen LogP) is 4.13. The maximum Gasteiger partial charge on any atom is 0.243 e. The van der Waals surface area contributed by atoms with Crippen molar-refractivity contribution < 1.29 is 19.1 Å². The molecule has 2 heterocycles. The van der Waals surface area contributed by atoms with Gasteiger partial charge in [-0.1, -0.05) is 36.4 Å². The van der Waals surface area contributed by atoms with Crippen molar-refractivity contribution in [3.05, 3.63) is 77.5 Å². The van der Waals surface area contributed by atoms with E-state index in [4.69, 9.17) is 9.47 Å². The Morgan fingerprint density at radius 2 is 1.94 bits per heavy atom. The minimum Gasteiger partial charge on any atom is -0.493 e. The number of para-hydroxylation sites is 1. The van der Waals surface area contributed by atoms with Gasteiger partial charge in [0.25, 0.3) is 0 Å². The highest BCUT2D eigenvalue weighted by molar-refractivity contribution is 5.96. The molecule has 1 aliphatic heterocycles. The molecule has 0 fully saturated rings. The summed E-state index contributed by atoms with van der Waals surface area (Å²) < 4.78 is 11.4. The molecular formula is C25H25N3O4. The molecule has 7 heteroatoms. The fraction of sp³-hybridized carbons (Fsp3) is 0.240. The molecule has 4 rings (SSSR count). The van der Waals surface area contributed by atoms with Crippen LogP contribution in [0.15, 0.2) is 60.8 Å². The number of pyridine rings is 1. The normalized spacial score (nSPS) is 12.1. The summed E-state index contributed by atoms with van der Waals surface area (Å²) in [6.07, 6.45) is 1.79. The maximum atomic E-state index is 13.1. The second-order valence-electron chi connectivity index (χ2n) is 7.56. The van der Waals surface area contributed by atoms with Crippen LogP contribution in [0.4, 0.5) is 5.69 Å². The first-order valence-corrected chi connectivity index (χ1v) is 10.5. The van der Waals surface area contributed by atoms with Gasteiger partial charge < -0.3 is 19.7 Å². The molecule has 0 unspecified atom stereocenters. The molecule has 0 spiro atoms. The minimum absolute atomic E-state index is 0.0766. The summed E-state index contributed by atoms with van der Waals surface area (Å²) >= 11 is 0. The third-order valence-corrected chi connectivity index (χ3v) is 5.45. The monoisotopic (exact) mass is 431 g/mol. The highest BCUT2D eigenvalue weighted by Crippen LogP contribution is 2.42. The predicted molar refractivity (Wildman–Crippen MR) is 121 cm³/mol. The number of ether oxygens (including phenoxy) is 2. The molecule has 164 valence electrons. The fourth-order valence-electron chi connectivity index (χ4n) is 3.65. The van der Waals surface area contributed by atoms with Crippen LogP contribution in [-0.2, 0) is 22.7 Å². The number of benzene rings is 2. The average molecular weight is 431 g/mol. The molecule has 7 nitrogen and oxygen atoms in total. The minimum atomic E-state index is -0.176. The Morgan fingerprint density at radius 1 is 1.09 bits per heavy atom. The van der Waals surface area contributed by atoms with E-state index in [2.05, 4.69) is 10.3 Å². The Kier molecular flexibility index (Phi) is 6.35. The molecule has 1 aromatic heterocycles. The second kappa shape index (κ2) is 9.51. The number of hydrogen-bond acceptors (Lipinski definition) is 5. The first kappa shape index (κ1) is 21.4. The average Bonchev–Trinajstić information content (AvgIpc) is 2.98. The molecule has 0 atom stereocenters. The van der Waals surface area contributed by atoms with Gasteiger partial charge in [-0.15, -0.1) is 0 Å². The molecule has 0 bridgehead atoms. The van der Waals surface area contributed by atoms with E-state index in [1.165, 1.54) is 0 Å². The molecule has 0 saturated heterocycles. The molecule has 2 aromatic carbocycles. The van der Waals surface area contributed by atoms with E-state index >= 15 is 0 Å². The smallest absolute Gasteiger partial charge is 0.243 e. The van der Waals surface area contributed by atoms with Gasteiger partial charge in [-0.25, -0.2) is 4.98 Å². The van der Waals surface area contributed by atoms with Gasteiger partial charge in [0, 0.05) is 31.1 Å². The highest BCUT2D eigenvalue weighted by Gasteiger charge is 2.28. The Balaban J connectivity index is 1.46. The summed E-state index contributed by atoms with van der Waals surface area (Å²) in [7, 11) is 1.57. The number of fused-ring (bicyclic) bond motifs is 2. The zero-order valence-electron chi connectivity index (χ0n) is 18.1. The number of carbonyl (C=O) groups excluding carboxylic acids is 2. The van der Waals surface area contributed by atoms with E-state index in [0.717, 1.165) is 16.7 Å². The Bertz CT molecular complexity index is 1150. The number of aromatic nitrogens is 1. The second-order valence-corrected chi connectivity index (χ2v) is 7.56. The lowest BCUT2D eigenvalue weighted by molar-refractivity contribution is -0.125. The van der Waals surface area contributed by atoms with Crippen molar-refractivity contribution in [3.63, 3.8) is 0 Å². The highest BCUT2D eigenvalue weighted by atomic mass is 16.5. The lowest BCUT2D eigenvalue weighted by Gasteiger charge is -2.21. The molecule has 1 N–H and O–H groups in total. The largest absolute Gasteiger partial charge is 0.493 e. The van der Waals surface area contributed by atoms with Crippen molar-refractivity contribution in [2.75, 3.05) is 12.0 Å². The van der Waals surface area contributed by atoms with Crippen LogP contribution in [0.25, 0.3) is 0 Å². The van der Waals surface area contributed by atoms with E-state index in [0.29, 0.717) is 36.2 Å². The number of rotatable bonds is 6. The van der Waals surface area contributed by atoms with Crippen LogP contribution < -0.4 is 19.7 Å². The first-order chi connectivity index (χ1) is 15.6. The summed E-state index contributed by atoms with van der Waals surface area (Å²) in [6, 6.07) is 17.0. The van der Waals surface area contributed by atoms with Gasteiger partial charge in [-0.2, -0.15) is 0 Å². The van der Waals surface area contributed by atoms with Crippen molar-refractivity contribution >= 4 is 17.5 Å². The molecule has 0 saturated carbocycles. The number of nitrogens with zero attached hydrogens (tertiary/aromatic N) is 2. The van der Waals surface area contributed by atoms with Gasteiger partial charge in [0.2, 0.25) is 17.7 Å². The number of anilines is 1. The van der Waals surface area contributed by atoms with Gasteiger partial charge in [-0.05, 0) is 36.2 Å². The van der Waals surface area contributed by atoms with Crippen molar-refractivity contribution in [1.82, 2.24) is 10.3 Å². The molecule has 0 radical (unpaired) electrons. The van der Waals surface area contributed by atoms with Gasteiger partial charge in [0.05, 0.1) is 13.7 Å². The lowest BCUT2D eigenvalue weighted by atomic mass is 10.1.